The Morgan fingerprint density at radius 2 is 1.77 bits per heavy atom. The minimum Gasteiger partial charge on any atom is -0.478 e. The maximum Gasteiger partial charge on any atom is 0.335 e. The smallest absolute Gasteiger partial charge is 0.335 e. The van der Waals surface area contributed by atoms with Gasteiger partial charge in [-0.1, -0.05) is 26.0 Å². The number of nitrogens with zero attached hydrogens (tertiary/aromatic N) is 2. The van der Waals surface area contributed by atoms with Gasteiger partial charge in [0, 0.05) is 21.8 Å². The zero-order valence-electron chi connectivity index (χ0n) is 17.2. The summed E-state index contributed by atoms with van der Waals surface area (Å²) in [7, 11) is 0. The number of aryl methyl sites for hydroxylation is 2. The highest BCUT2D eigenvalue weighted by Crippen LogP contribution is 2.30. The number of aromatic nitrogens is 2. The molecule has 0 fully saturated rings. The Bertz CT molecular complexity index is 1250. The molecule has 2 aromatic heterocycles. The van der Waals surface area contributed by atoms with Crippen molar-refractivity contribution in [1.29, 1.82) is 0 Å². The van der Waals surface area contributed by atoms with Crippen LogP contribution in [0.4, 0.5) is 11.5 Å². The van der Waals surface area contributed by atoms with Crippen LogP contribution in [0.25, 0.3) is 21.5 Å². The fourth-order valence-corrected chi connectivity index (χ4v) is 4.40. The minimum absolute atomic E-state index is 0.287. The number of benzene rings is 2. The van der Waals surface area contributed by atoms with Crippen LogP contribution in [0.2, 0.25) is 0 Å². The van der Waals surface area contributed by atoms with Gasteiger partial charge in [0.15, 0.2) is 5.82 Å². The quantitative estimate of drug-likeness (QED) is 0.389. The molecule has 2 N–H and O–H groups in total. The highest BCUT2D eigenvalue weighted by molar-refractivity contribution is 7.15. The second-order valence-corrected chi connectivity index (χ2v) is 8.31. The average Bonchev–Trinajstić information content (AvgIpc) is 3.22. The Hall–Kier alpha value is -3.25. The number of fused-ring (bicyclic) bond motifs is 1. The Balaban J connectivity index is 1.72. The number of carbonyl (C=O) groups is 1. The summed E-state index contributed by atoms with van der Waals surface area (Å²) in [4.78, 5) is 23.2. The number of carboxylic acid groups (broad SMARTS) is 1. The van der Waals surface area contributed by atoms with Crippen molar-refractivity contribution in [1.82, 2.24) is 9.97 Å². The number of rotatable bonds is 6. The van der Waals surface area contributed by atoms with Crippen molar-refractivity contribution in [2.45, 2.75) is 33.6 Å². The van der Waals surface area contributed by atoms with Crippen LogP contribution in [0.15, 0.2) is 48.5 Å². The molecule has 0 saturated heterocycles. The highest BCUT2D eigenvalue weighted by atomic mass is 32.1. The second-order valence-electron chi connectivity index (χ2n) is 7.14. The van der Waals surface area contributed by atoms with Gasteiger partial charge in [0.05, 0.1) is 10.4 Å². The van der Waals surface area contributed by atoms with E-state index in [-0.39, 0.29) is 5.56 Å². The molecule has 0 aliphatic rings. The van der Waals surface area contributed by atoms with Crippen LogP contribution in [0, 0.1) is 6.92 Å². The van der Waals surface area contributed by atoms with E-state index in [2.05, 4.69) is 31.3 Å². The van der Waals surface area contributed by atoms with Crippen LogP contribution in [-0.4, -0.2) is 21.0 Å². The minimum atomic E-state index is -0.921. The summed E-state index contributed by atoms with van der Waals surface area (Å²) in [5.41, 5.74) is 3.26. The third-order valence-electron chi connectivity index (χ3n) is 5.15. The van der Waals surface area contributed by atoms with E-state index in [1.165, 1.54) is 4.88 Å². The van der Waals surface area contributed by atoms with E-state index in [1.54, 1.807) is 23.5 Å². The summed E-state index contributed by atoms with van der Waals surface area (Å²) < 4.78 is 0. The van der Waals surface area contributed by atoms with E-state index in [0.717, 1.165) is 57.1 Å². The third-order valence-corrected chi connectivity index (χ3v) is 6.37. The van der Waals surface area contributed by atoms with Crippen LogP contribution < -0.4 is 5.32 Å². The first-order valence-electron chi connectivity index (χ1n) is 9.99. The van der Waals surface area contributed by atoms with Crippen molar-refractivity contribution in [3.63, 3.8) is 0 Å². The Morgan fingerprint density at radius 1 is 1.00 bits per heavy atom. The van der Waals surface area contributed by atoms with Gasteiger partial charge in [-0.2, -0.15) is 0 Å². The lowest BCUT2D eigenvalue weighted by Crippen LogP contribution is -2.05. The summed E-state index contributed by atoms with van der Waals surface area (Å²) >= 11 is 1.73. The van der Waals surface area contributed by atoms with Gasteiger partial charge in [-0.3, -0.25) is 0 Å². The van der Waals surface area contributed by atoms with E-state index in [4.69, 9.17) is 9.97 Å². The topological polar surface area (TPSA) is 75.1 Å². The number of anilines is 2. The maximum absolute atomic E-state index is 11.2. The molecule has 0 atom stereocenters. The normalized spacial score (nSPS) is 11.0. The van der Waals surface area contributed by atoms with Gasteiger partial charge >= 0.3 is 5.97 Å². The van der Waals surface area contributed by atoms with Crippen molar-refractivity contribution >= 4 is 39.6 Å². The molecule has 0 aliphatic heterocycles. The van der Waals surface area contributed by atoms with Crippen molar-refractivity contribution < 1.29 is 9.90 Å². The predicted octanol–water partition coefficient (Wildman–Crippen LogP) is 6.23. The van der Waals surface area contributed by atoms with E-state index < -0.39 is 5.97 Å². The number of carboxylic acids is 1. The van der Waals surface area contributed by atoms with Crippen LogP contribution in [0.3, 0.4) is 0 Å². The van der Waals surface area contributed by atoms with Gasteiger partial charge in [-0.05, 0) is 66.9 Å². The van der Waals surface area contributed by atoms with Crippen molar-refractivity contribution in [3.05, 3.63) is 70.2 Å². The summed E-state index contributed by atoms with van der Waals surface area (Å²) in [5.74, 6) is 0.632. The summed E-state index contributed by atoms with van der Waals surface area (Å²) in [6, 6.07) is 15.3. The molecule has 0 saturated carbocycles. The van der Waals surface area contributed by atoms with Gasteiger partial charge in [0.1, 0.15) is 5.82 Å². The van der Waals surface area contributed by atoms with Crippen molar-refractivity contribution in [2.24, 2.45) is 0 Å². The lowest BCUT2D eigenvalue weighted by molar-refractivity contribution is 0.0697. The first-order valence-corrected chi connectivity index (χ1v) is 10.8. The molecule has 30 heavy (non-hydrogen) atoms. The molecule has 2 aromatic carbocycles. The lowest BCUT2D eigenvalue weighted by atomic mass is 10.1. The first kappa shape index (κ1) is 20.0. The summed E-state index contributed by atoms with van der Waals surface area (Å²) in [5, 5.41) is 14.5. The monoisotopic (exact) mass is 417 g/mol. The molecule has 0 radical (unpaired) electrons. The Labute approximate surface area is 179 Å². The first-order chi connectivity index (χ1) is 14.5. The molecule has 4 aromatic rings. The zero-order valence-corrected chi connectivity index (χ0v) is 18.0. The van der Waals surface area contributed by atoms with Crippen LogP contribution >= 0.6 is 11.3 Å². The molecule has 6 heteroatoms. The molecule has 2 heterocycles. The van der Waals surface area contributed by atoms with Gasteiger partial charge in [0.25, 0.3) is 0 Å². The highest BCUT2D eigenvalue weighted by Gasteiger charge is 2.14. The molecule has 0 bridgehead atoms. The van der Waals surface area contributed by atoms with Crippen LogP contribution in [-0.2, 0) is 12.8 Å². The summed E-state index contributed by atoms with van der Waals surface area (Å²) in [6.07, 6.45) is 1.83. The molecule has 0 unspecified atom stereocenters. The van der Waals surface area contributed by atoms with Gasteiger partial charge in [0.2, 0.25) is 0 Å². The van der Waals surface area contributed by atoms with E-state index >= 15 is 0 Å². The number of thiophene rings is 1. The van der Waals surface area contributed by atoms with Gasteiger partial charge in [-0.25, -0.2) is 14.8 Å². The number of nitrogens with one attached hydrogen (secondary N) is 1. The Morgan fingerprint density at radius 3 is 2.47 bits per heavy atom. The molecular formula is C24H23N3O2S. The van der Waals surface area contributed by atoms with Gasteiger partial charge in [-0.15, -0.1) is 11.3 Å². The predicted molar refractivity (Wildman–Crippen MR) is 123 cm³/mol. The standard InChI is InChI=1S/C24H23N3O2S/c1-4-19-10-11-21(30-19)23-25-14(3)20(5-2)22(27-23)26-18-9-8-15-12-17(24(28)29)7-6-16(15)13-18/h6-13H,4-5H2,1-3H3,(H,28,29)(H,25,26,27). The molecule has 152 valence electrons. The molecule has 0 spiro atoms. The fourth-order valence-electron chi connectivity index (χ4n) is 3.51. The fraction of sp³-hybridized carbons (Fsp3) is 0.208. The molecule has 5 nitrogen and oxygen atoms in total. The molecular weight excluding hydrogens is 394 g/mol. The van der Waals surface area contributed by atoms with Crippen LogP contribution in [0.5, 0.6) is 0 Å². The van der Waals surface area contributed by atoms with E-state index in [0.29, 0.717) is 0 Å². The zero-order chi connectivity index (χ0) is 21.3. The second kappa shape index (κ2) is 8.24. The van der Waals surface area contributed by atoms with Crippen molar-refractivity contribution in [2.75, 3.05) is 5.32 Å². The van der Waals surface area contributed by atoms with E-state index in [9.17, 15) is 9.90 Å². The average molecular weight is 418 g/mol. The SMILES string of the molecule is CCc1ccc(-c2nc(C)c(CC)c(Nc3ccc4cc(C(=O)O)ccc4c3)n2)s1. The largest absolute Gasteiger partial charge is 0.478 e. The van der Waals surface area contributed by atoms with Gasteiger partial charge < -0.3 is 10.4 Å². The molecule has 0 aliphatic carbocycles. The maximum atomic E-state index is 11.2. The number of hydrogen-bond acceptors (Lipinski definition) is 5. The third kappa shape index (κ3) is 3.91. The Kier molecular flexibility index (Phi) is 5.50. The number of aromatic carboxylic acids is 1. The number of hydrogen-bond donors (Lipinski definition) is 2. The van der Waals surface area contributed by atoms with Crippen LogP contribution in [0.1, 0.15) is 40.3 Å². The van der Waals surface area contributed by atoms with E-state index in [1.807, 2.05) is 31.2 Å². The molecule has 4 rings (SSSR count). The summed E-state index contributed by atoms with van der Waals surface area (Å²) in [6.45, 7) is 6.27. The lowest BCUT2D eigenvalue weighted by Gasteiger charge is -2.14. The molecule has 0 amide bonds. The van der Waals surface area contributed by atoms with Crippen molar-refractivity contribution in [3.8, 4) is 10.7 Å².